The van der Waals surface area contributed by atoms with Gasteiger partial charge >= 0.3 is 11.9 Å². The first-order valence-corrected chi connectivity index (χ1v) is 17.6. The molecule has 0 N–H and O–H groups in total. The summed E-state index contributed by atoms with van der Waals surface area (Å²) in [5.74, 6) is -1.20. The predicted molar refractivity (Wildman–Crippen MR) is 158 cm³/mol. The highest BCUT2D eigenvalue weighted by atomic mass is 127. The van der Waals surface area contributed by atoms with Crippen LogP contribution in [0.25, 0.3) is 0 Å². The molecule has 0 spiro atoms. The number of cyclic esters (lactones) is 1. The lowest BCUT2D eigenvalue weighted by Crippen LogP contribution is -2.46. The highest BCUT2D eigenvalue weighted by molar-refractivity contribution is 14.1. The SMILES string of the molecule is CC(=O)O[C@H]1C[C@H](C[C@H](C/C=C\I)O[Si](C)(C)C(C)(C)C)O[C@@H](Cc2cccc3c2C(=O)OC(C)(C)O3)C1. The van der Waals surface area contributed by atoms with E-state index in [1.165, 1.54) is 6.92 Å². The molecule has 2 aliphatic heterocycles. The van der Waals surface area contributed by atoms with Crippen molar-refractivity contribution in [3.05, 3.63) is 39.5 Å². The lowest BCUT2D eigenvalue weighted by Gasteiger charge is -2.41. The molecule has 1 aromatic rings. The maximum Gasteiger partial charge on any atom is 0.345 e. The number of esters is 2. The number of carbonyl (C=O) groups excluding carboxylic acids is 2. The minimum absolute atomic E-state index is 0.00118. The Morgan fingerprint density at radius 3 is 2.53 bits per heavy atom. The van der Waals surface area contributed by atoms with Crippen molar-refractivity contribution in [2.75, 3.05) is 0 Å². The van der Waals surface area contributed by atoms with Gasteiger partial charge in [0.15, 0.2) is 8.32 Å². The third kappa shape index (κ3) is 8.28. The summed E-state index contributed by atoms with van der Waals surface area (Å²) in [4.78, 5) is 24.7. The summed E-state index contributed by atoms with van der Waals surface area (Å²) < 4.78 is 32.5. The molecule has 9 heteroatoms. The second-order valence-corrected chi connectivity index (χ2v) is 17.8. The number of hydrogen-bond acceptors (Lipinski definition) is 7. The molecule has 2 aliphatic rings. The minimum Gasteiger partial charge on any atom is -0.462 e. The first kappa shape index (κ1) is 31.1. The smallest absolute Gasteiger partial charge is 0.345 e. The van der Waals surface area contributed by atoms with Gasteiger partial charge in [-0.3, -0.25) is 4.79 Å². The van der Waals surface area contributed by atoms with Crippen LogP contribution in [-0.2, 0) is 29.9 Å². The van der Waals surface area contributed by atoms with E-state index >= 15 is 0 Å². The largest absolute Gasteiger partial charge is 0.462 e. The molecule has 0 saturated carbocycles. The summed E-state index contributed by atoms with van der Waals surface area (Å²) in [6, 6.07) is 5.58. The van der Waals surface area contributed by atoms with Crippen LogP contribution in [-0.4, -0.2) is 50.5 Å². The van der Waals surface area contributed by atoms with Crippen molar-refractivity contribution in [1.82, 2.24) is 0 Å². The van der Waals surface area contributed by atoms with Crippen LogP contribution in [0.3, 0.4) is 0 Å². The zero-order valence-electron chi connectivity index (χ0n) is 24.0. The molecule has 0 aromatic heterocycles. The Labute approximate surface area is 242 Å². The molecule has 3 rings (SSSR count). The molecule has 1 aromatic carbocycles. The lowest BCUT2D eigenvalue weighted by molar-refractivity contribution is -0.160. The Bertz CT molecular complexity index is 1030. The van der Waals surface area contributed by atoms with Crippen molar-refractivity contribution in [2.24, 2.45) is 0 Å². The van der Waals surface area contributed by atoms with Crippen molar-refractivity contribution >= 4 is 42.8 Å². The van der Waals surface area contributed by atoms with E-state index in [9.17, 15) is 9.59 Å². The van der Waals surface area contributed by atoms with Crippen molar-refractivity contribution < 1.29 is 33.0 Å². The van der Waals surface area contributed by atoms with Gasteiger partial charge in [0, 0.05) is 33.6 Å². The van der Waals surface area contributed by atoms with Crippen LogP contribution in [0.2, 0.25) is 18.1 Å². The van der Waals surface area contributed by atoms with E-state index in [-0.39, 0.29) is 35.4 Å². The third-order valence-corrected chi connectivity index (χ3v) is 12.6. The van der Waals surface area contributed by atoms with Gasteiger partial charge in [0.1, 0.15) is 17.4 Å². The second kappa shape index (κ2) is 12.4. The van der Waals surface area contributed by atoms with Crippen LogP contribution in [0.15, 0.2) is 28.4 Å². The third-order valence-electron chi connectivity index (χ3n) is 7.51. The number of ether oxygens (including phenoxy) is 4. The average molecular weight is 659 g/mol. The molecular weight excluding hydrogens is 615 g/mol. The molecule has 0 aliphatic carbocycles. The van der Waals surface area contributed by atoms with E-state index in [1.807, 2.05) is 16.2 Å². The topological polar surface area (TPSA) is 80.3 Å². The normalized spacial score (nSPS) is 24.3. The number of carbonyl (C=O) groups is 2. The molecule has 212 valence electrons. The zero-order valence-corrected chi connectivity index (χ0v) is 27.1. The van der Waals surface area contributed by atoms with Crippen molar-refractivity contribution in [3.63, 3.8) is 0 Å². The number of benzene rings is 1. The number of fused-ring (bicyclic) bond motifs is 1. The summed E-state index contributed by atoms with van der Waals surface area (Å²) in [6.45, 7) is 16.1. The Morgan fingerprint density at radius 2 is 1.89 bits per heavy atom. The molecule has 1 saturated heterocycles. The number of halogens is 1. The minimum atomic E-state index is -2.00. The average Bonchev–Trinajstić information content (AvgIpc) is 2.74. The number of rotatable bonds is 9. The maximum absolute atomic E-state index is 12.9. The fourth-order valence-corrected chi connectivity index (χ4v) is 6.50. The second-order valence-electron chi connectivity index (χ2n) is 12.3. The first-order valence-electron chi connectivity index (χ1n) is 13.4. The van der Waals surface area contributed by atoms with Gasteiger partial charge in [-0.1, -0.05) is 61.6 Å². The van der Waals surface area contributed by atoms with Crippen LogP contribution in [0.5, 0.6) is 5.75 Å². The van der Waals surface area contributed by atoms with E-state index in [1.54, 1.807) is 19.9 Å². The summed E-state index contributed by atoms with van der Waals surface area (Å²) in [5, 5.41) is 0.0904. The molecule has 0 radical (unpaired) electrons. The van der Waals surface area contributed by atoms with Crippen LogP contribution < -0.4 is 4.74 Å². The Kier molecular flexibility index (Phi) is 10.1. The molecule has 0 amide bonds. The van der Waals surface area contributed by atoms with Crippen molar-refractivity contribution in [1.29, 1.82) is 0 Å². The van der Waals surface area contributed by atoms with Gasteiger partial charge in [-0.2, -0.15) is 0 Å². The fourth-order valence-electron chi connectivity index (χ4n) is 4.83. The molecule has 0 bridgehead atoms. The number of hydrogen-bond donors (Lipinski definition) is 0. The van der Waals surface area contributed by atoms with Crippen molar-refractivity contribution in [2.45, 2.75) is 122 Å². The summed E-state index contributed by atoms with van der Waals surface area (Å²) >= 11 is 2.24. The lowest BCUT2D eigenvalue weighted by atomic mass is 9.91. The zero-order chi connectivity index (χ0) is 28.3. The van der Waals surface area contributed by atoms with Crippen LogP contribution in [0, 0.1) is 0 Å². The first-order chi connectivity index (χ1) is 17.6. The molecule has 1 fully saturated rings. The van der Waals surface area contributed by atoms with E-state index in [0.717, 1.165) is 12.0 Å². The van der Waals surface area contributed by atoms with E-state index in [2.05, 4.69) is 62.5 Å². The van der Waals surface area contributed by atoms with Crippen LogP contribution in [0.1, 0.15) is 83.1 Å². The van der Waals surface area contributed by atoms with Gasteiger partial charge in [-0.25, -0.2) is 4.79 Å². The standard InChI is InChI=1S/C29H43IO7Si/c1-19(31)33-23-17-22(15-20-11-9-13-25-26(20)27(32)36-29(5,6)35-25)34-24(18-23)16-21(12-10-14-30)37-38(7,8)28(2,3)4/h9-11,13-14,21-24H,12,15-18H2,1-8H3/b14-10-/t21-,22-,23+,24-/m0/s1. The Balaban J connectivity index is 1.82. The quantitative estimate of drug-likeness (QED) is 0.159. The molecule has 38 heavy (non-hydrogen) atoms. The van der Waals surface area contributed by atoms with Gasteiger partial charge < -0.3 is 23.4 Å². The van der Waals surface area contributed by atoms with Gasteiger partial charge in [-0.15, -0.1) is 0 Å². The summed E-state index contributed by atoms with van der Waals surface area (Å²) in [5.41, 5.74) is 1.24. The Morgan fingerprint density at radius 1 is 1.21 bits per heavy atom. The highest BCUT2D eigenvalue weighted by Crippen LogP contribution is 2.39. The van der Waals surface area contributed by atoms with E-state index in [4.69, 9.17) is 23.4 Å². The monoisotopic (exact) mass is 658 g/mol. The Hall–Kier alpha value is -1.43. The van der Waals surface area contributed by atoms with Gasteiger partial charge in [0.2, 0.25) is 5.79 Å². The van der Waals surface area contributed by atoms with E-state index < -0.39 is 20.1 Å². The predicted octanol–water partition coefficient (Wildman–Crippen LogP) is 7.11. The van der Waals surface area contributed by atoms with Crippen LogP contribution >= 0.6 is 22.6 Å². The van der Waals surface area contributed by atoms with Crippen molar-refractivity contribution in [3.8, 4) is 5.75 Å². The molecule has 4 atom stereocenters. The maximum atomic E-state index is 12.9. The fraction of sp³-hybridized carbons (Fsp3) is 0.655. The van der Waals surface area contributed by atoms with Gasteiger partial charge in [0.25, 0.3) is 0 Å². The summed E-state index contributed by atoms with van der Waals surface area (Å²) in [6.07, 6.45) is 4.65. The molecule has 2 heterocycles. The molecule has 0 unspecified atom stereocenters. The molecule has 7 nitrogen and oxygen atoms in total. The van der Waals surface area contributed by atoms with Crippen LogP contribution in [0.4, 0.5) is 0 Å². The van der Waals surface area contributed by atoms with Gasteiger partial charge in [-0.05, 0) is 53.1 Å². The van der Waals surface area contributed by atoms with E-state index in [0.29, 0.717) is 37.0 Å². The molecular formula is C29H43IO7Si. The highest BCUT2D eigenvalue weighted by Gasteiger charge is 2.41. The van der Waals surface area contributed by atoms with Gasteiger partial charge in [0.05, 0.1) is 18.3 Å². The summed E-state index contributed by atoms with van der Waals surface area (Å²) in [7, 11) is -2.00.